The highest BCUT2D eigenvalue weighted by Crippen LogP contribution is 2.39. The number of esters is 1. The number of benzene rings is 1. The van der Waals surface area contributed by atoms with Crippen molar-refractivity contribution in [2.24, 2.45) is 29.4 Å². The van der Waals surface area contributed by atoms with Crippen LogP contribution in [0, 0.1) is 23.7 Å². The van der Waals surface area contributed by atoms with Gasteiger partial charge in [-0.2, -0.15) is 0 Å². The van der Waals surface area contributed by atoms with Gasteiger partial charge in [-0.25, -0.2) is 0 Å². The molecule has 0 saturated carbocycles. The molecule has 81 heavy (non-hydrogen) atoms. The predicted molar refractivity (Wildman–Crippen MR) is 302 cm³/mol. The highest BCUT2D eigenvalue weighted by Gasteiger charge is 2.45. The summed E-state index contributed by atoms with van der Waals surface area (Å²) in [5.41, 5.74) is 5.60. The minimum Gasteiger partial charge on any atom is -0.493 e. The zero-order valence-electron chi connectivity index (χ0n) is 47.2. The topological polar surface area (TPSA) is 372 Å². The van der Waals surface area contributed by atoms with E-state index in [0.29, 0.717) is 42.3 Å². The van der Waals surface area contributed by atoms with Gasteiger partial charge in [0.25, 0.3) is 0 Å². The lowest BCUT2D eigenvalue weighted by Crippen LogP contribution is -2.56. The lowest BCUT2D eigenvalue weighted by atomic mass is 9.85. The number of H-pyrrole nitrogens is 1. The molecule has 7 amide bonds. The van der Waals surface area contributed by atoms with Gasteiger partial charge in [0, 0.05) is 72.4 Å². The monoisotopic (exact) mass is 1190 g/mol. The number of hydrogen-bond acceptors (Lipinski definition) is 18. The van der Waals surface area contributed by atoms with Gasteiger partial charge in [0.2, 0.25) is 41.4 Å². The number of hydrogen-bond donors (Lipinski definition) is 10. The second-order valence-corrected chi connectivity index (χ2v) is 27.2. The maximum Gasteiger partial charge on any atom is 0.306 e. The highest BCUT2D eigenvalue weighted by molar-refractivity contribution is 8.77. The van der Waals surface area contributed by atoms with Crippen LogP contribution >= 0.6 is 21.6 Å². The maximum absolute atomic E-state index is 15.1. The summed E-state index contributed by atoms with van der Waals surface area (Å²) in [6.45, 7) is 11.9. The maximum atomic E-state index is 15.1. The van der Waals surface area contributed by atoms with E-state index in [2.05, 4.69) is 45.4 Å². The molecule has 27 heteroatoms. The van der Waals surface area contributed by atoms with Crippen LogP contribution in [0.2, 0.25) is 0 Å². The van der Waals surface area contributed by atoms with Crippen molar-refractivity contribution in [3.63, 3.8) is 0 Å². The smallest absolute Gasteiger partial charge is 0.306 e. The second-order valence-electron chi connectivity index (χ2n) is 22.7. The van der Waals surface area contributed by atoms with Gasteiger partial charge in [0.1, 0.15) is 28.5 Å². The number of Topliss-reactive ketones (excluding diaryl/α,β-unsaturated/α-hetero) is 2. The lowest BCUT2D eigenvalue weighted by Gasteiger charge is -2.32. The second kappa shape index (κ2) is 29.6. The van der Waals surface area contributed by atoms with Crippen LogP contribution in [-0.2, 0) is 69.9 Å². The quantitative estimate of drug-likeness (QED) is 0.0589. The average Bonchev–Trinajstić information content (AvgIpc) is 3.97. The average molecular weight is 1190 g/mol. The van der Waals surface area contributed by atoms with E-state index >= 15 is 4.21 Å². The first-order valence-corrected chi connectivity index (χ1v) is 30.9. The molecule has 450 valence electrons. The van der Waals surface area contributed by atoms with Crippen molar-refractivity contribution in [1.29, 1.82) is 0 Å². The lowest BCUT2D eigenvalue weighted by molar-refractivity contribution is -0.154. The Balaban J connectivity index is 1.62. The van der Waals surface area contributed by atoms with Crippen LogP contribution in [0.1, 0.15) is 112 Å². The van der Waals surface area contributed by atoms with E-state index in [-0.39, 0.29) is 40.8 Å². The first-order valence-electron chi connectivity index (χ1n) is 27.2. The summed E-state index contributed by atoms with van der Waals surface area (Å²) in [6.07, 6.45) is -4.05. The van der Waals surface area contributed by atoms with Crippen molar-refractivity contribution in [2.75, 3.05) is 44.4 Å². The van der Waals surface area contributed by atoms with Crippen molar-refractivity contribution in [3.05, 3.63) is 23.8 Å². The number of ether oxygens (including phenoxy) is 2. The van der Waals surface area contributed by atoms with E-state index in [9.17, 15) is 63.3 Å². The number of aromatic amines is 1. The van der Waals surface area contributed by atoms with Gasteiger partial charge in [0.15, 0.2) is 11.6 Å². The number of primary amides is 1. The Kier molecular flexibility index (Phi) is 24.2. The molecule has 2 bridgehead atoms. The van der Waals surface area contributed by atoms with E-state index in [1.807, 2.05) is 20.8 Å². The standard InChI is InChI=1S/C54H80N8O16S3/c1-9-28(2)46-50(74)57-23-43(69)58-37-27-81(76)51-35(34-13-12-33(22-36(34)59-51)77-15-14-54(7,8)80-79-16-10-11-45(71)78-53(4,5)6)17-30(48(72)56-24-44(70)60-46)18-40(66)47(29(3)41(67)26-63)61-49(73)38-21-32(64)25-62(38)52(75)31(19-39(37)65)20-42(55)68/h12-13,22,28-32,37-38,41,46-47,59,63-64,67H,9-11,14-21,23-27H2,1-8H3,(H2,55,68)(H,56,72)(H,57,74)(H,58,69)(H,60,70)(H,61,73)/t28-,29-,30?,31-,32?,37?,38-,41-,46-,47-,81+/m0/s1. The summed E-state index contributed by atoms with van der Waals surface area (Å²) in [5, 5.41) is 44.9. The number of amides is 7. The molecule has 1 aromatic heterocycles. The molecule has 0 spiro atoms. The summed E-state index contributed by atoms with van der Waals surface area (Å²) >= 11 is 0. The number of rotatable bonds is 17. The van der Waals surface area contributed by atoms with Crippen molar-refractivity contribution in [1.82, 2.24) is 36.5 Å². The SMILES string of the molecule is CC[C@H](C)[C@@H]1NC(=O)CNC(=O)C2CC(=O)[C@H]([C@@H](C)[C@@H](O)CO)NC(=O)[C@@H]3CC(O)CN3C(=O)[C@H](CC(N)=O)CC(=O)C(C[S@@](=O)c3[nH]c4cc(OCCC(C)(C)SSCCCC(=O)OC(C)(C)C)ccc4c3C2)NC(=O)CNC1=O. The Labute approximate surface area is 481 Å². The normalized spacial score (nSPS) is 25.5. The zero-order chi connectivity index (χ0) is 60.1. The van der Waals surface area contributed by atoms with Crippen molar-refractivity contribution in [3.8, 4) is 5.75 Å². The molecule has 3 aliphatic rings. The molecule has 0 radical (unpaired) electrons. The van der Waals surface area contributed by atoms with Gasteiger partial charge in [0.05, 0.1) is 78.6 Å². The molecule has 3 aliphatic heterocycles. The molecular formula is C54H80N8O16S3. The van der Waals surface area contributed by atoms with Gasteiger partial charge in [-0.3, -0.25) is 52.2 Å². The van der Waals surface area contributed by atoms with Gasteiger partial charge in [-0.1, -0.05) is 48.8 Å². The largest absolute Gasteiger partial charge is 0.493 e. The Morgan fingerprint density at radius 1 is 0.901 bits per heavy atom. The Bertz CT molecular complexity index is 2680. The van der Waals surface area contributed by atoms with Gasteiger partial charge < -0.3 is 67.0 Å². The van der Waals surface area contributed by atoms with Gasteiger partial charge in [-0.15, -0.1) is 0 Å². The Morgan fingerprint density at radius 3 is 2.23 bits per heavy atom. The van der Waals surface area contributed by atoms with Gasteiger partial charge >= 0.3 is 5.97 Å². The fourth-order valence-electron chi connectivity index (χ4n) is 9.66. The van der Waals surface area contributed by atoms with Crippen LogP contribution in [0.3, 0.4) is 0 Å². The van der Waals surface area contributed by atoms with E-state index in [1.54, 1.807) is 53.6 Å². The summed E-state index contributed by atoms with van der Waals surface area (Å²) in [5.74, 6) is -12.8. The van der Waals surface area contributed by atoms with Crippen LogP contribution < -0.4 is 37.1 Å². The summed E-state index contributed by atoms with van der Waals surface area (Å²) in [4.78, 5) is 143. The molecule has 11 N–H and O–H groups in total. The third-order valence-corrected chi connectivity index (χ3v) is 19.3. The van der Waals surface area contributed by atoms with E-state index < -0.39 is 181 Å². The fourth-order valence-corrected chi connectivity index (χ4v) is 13.7. The molecule has 5 rings (SSSR count). The molecule has 1 saturated heterocycles. The third kappa shape index (κ3) is 19.2. The molecule has 1 aromatic carbocycles. The summed E-state index contributed by atoms with van der Waals surface area (Å²) in [7, 11) is 0.952. The van der Waals surface area contributed by atoms with Crippen molar-refractivity contribution >= 4 is 102 Å². The molecule has 1 fully saturated rings. The van der Waals surface area contributed by atoms with Crippen LogP contribution in [0.5, 0.6) is 5.75 Å². The Hall–Kier alpha value is -5.61. The number of nitrogens with one attached hydrogen (secondary N) is 6. The molecule has 11 atom stereocenters. The van der Waals surface area contributed by atoms with E-state index in [4.69, 9.17) is 15.2 Å². The number of nitrogens with two attached hydrogens (primary N) is 1. The highest BCUT2D eigenvalue weighted by atomic mass is 33.1. The number of aliphatic hydroxyl groups is 3. The van der Waals surface area contributed by atoms with Crippen molar-refractivity contribution in [2.45, 2.75) is 165 Å². The van der Waals surface area contributed by atoms with Crippen LogP contribution in [-0.4, -0.2) is 179 Å². The Morgan fingerprint density at radius 2 is 1.58 bits per heavy atom. The third-order valence-electron chi connectivity index (χ3n) is 14.4. The number of carbonyl (C=O) groups excluding carboxylic acids is 10. The minimum atomic E-state index is -2.33. The van der Waals surface area contributed by atoms with Crippen LogP contribution in [0.15, 0.2) is 23.2 Å². The number of aliphatic hydroxyl groups excluding tert-OH is 3. The minimum absolute atomic E-state index is 0.0575. The number of carbonyl (C=O) groups is 10. The van der Waals surface area contributed by atoms with Crippen LogP contribution in [0.25, 0.3) is 10.9 Å². The first kappa shape index (κ1) is 66.2. The predicted octanol–water partition coefficient (Wildman–Crippen LogP) is 0.606. The van der Waals surface area contributed by atoms with Crippen LogP contribution in [0.4, 0.5) is 0 Å². The number of fused-ring (bicyclic) bond motifs is 5. The zero-order valence-corrected chi connectivity index (χ0v) is 49.7. The molecule has 0 aliphatic carbocycles. The fraction of sp³-hybridized carbons (Fsp3) is 0.667. The molecule has 24 nitrogen and oxygen atoms in total. The molecule has 3 unspecified atom stereocenters. The van der Waals surface area contributed by atoms with Crippen molar-refractivity contribution < 1.29 is 76.9 Å². The van der Waals surface area contributed by atoms with E-state index in [0.717, 1.165) is 10.7 Å². The van der Waals surface area contributed by atoms with E-state index in [1.165, 1.54) is 6.92 Å². The molecule has 4 heterocycles. The first-order chi connectivity index (χ1) is 38.0. The molecular weight excluding hydrogens is 1110 g/mol. The number of ketones is 2. The summed E-state index contributed by atoms with van der Waals surface area (Å²) in [6, 6.07) is -1.18. The summed E-state index contributed by atoms with van der Waals surface area (Å²) < 4.78 is 26.5. The number of aromatic nitrogens is 1. The number of nitrogens with zero attached hydrogens (tertiary/aromatic N) is 1. The molecule has 2 aromatic rings. The van der Waals surface area contributed by atoms with Gasteiger partial charge in [-0.05, 0) is 77.5 Å².